The molecule has 0 radical (unpaired) electrons. The molecule has 0 aliphatic carbocycles. The molecule has 1 N–H and O–H groups in total. The normalized spacial score (nSPS) is 25.9. The second kappa shape index (κ2) is 4.55. The third-order valence-corrected chi connectivity index (χ3v) is 3.66. The predicted octanol–water partition coefficient (Wildman–Crippen LogP) is 1.14. The molecule has 2 saturated heterocycles. The van der Waals surface area contributed by atoms with Crippen molar-refractivity contribution in [3.05, 3.63) is 18.2 Å². The van der Waals surface area contributed by atoms with E-state index in [2.05, 4.69) is 14.9 Å². The second-order valence-electron chi connectivity index (χ2n) is 4.79. The molecule has 4 heteroatoms. The van der Waals surface area contributed by atoms with Crippen molar-refractivity contribution in [2.75, 3.05) is 19.7 Å². The fourth-order valence-electron chi connectivity index (χ4n) is 2.51. The zero-order valence-corrected chi connectivity index (χ0v) is 9.56. The van der Waals surface area contributed by atoms with E-state index < -0.39 is 0 Å². The number of aromatic nitrogens is 2. The molecule has 1 atom stereocenters. The highest BCUT2D eigenvalue weighted by Gasteiger charge is 2.23. The molecule has 4 nitrogen and oxygen atoms in total. The van der Waals surface area contributed by atoms with E-state index in [0.29, 0.717) is 12.0 Å². The van der Waals surface area contributed by atoms with E-state index in [1.807, 2.05) is 12.5 Å². The van der Waals surface area contributed by atoms with Gasteiger partial charge in [-0.1, -0.05) is 0 Å². The number of hydrogen-bond donors (Lipinski definition) is 1. The van der Waals surface area contributed by atoms with E-state index in [1.165, 1.54) is 18.5 Å². The van der Waals surface area contributed by atoms with Gasteiger partial charge in [0.2, 0.25) is 0 Å². The first-order chi connectivity index (χ1) is 7.93. The SMILES string of the molecule is c1ncn(CCC2CCCO2)c1C1CNC1. The molecule has 1 aromatic heterocycles. The van der Waals surface area contributed by atoms with Crippen LogP contribution in [0.4, 0.5) is 0 Å². The van der Waals surface area contributed by atoms with Crippen LogP contribution in [0.1, 0.15) is 30.9 Å². The Hall–Kier alpha value is -0.870. The van der Waals surface area contributed by atoms with Gasteiger partial charge in [0.05, 0.1) is 12.4 Å². The third-order valence-electron chi connectivity index (χ3n) is 3.66. The fourth-order valence-corrected chi connectivity index (χ4v) is 2.51. The monoisotopic (exact) mass is 221 g/mol. The largest absolute Gasteiger partial charge is 0.378 e. The molecule has 1 unspecified atom stereocenters. The first-order valence-corrected chi connectivity index (χ1v) is 6.26. The highest BCUT2D eigenvalue weighted by molar-refractivity contribution is 5.11. The molecule has 2 fully saturated rings. The number of aryl methyl sites for hydroxylation is 1. The van der Waals surface area contributed by atoms with Crippen molar-refractivity contribution < 1.29 is 4.74 Å². The lowest BCUT2D eigenvalue weighted by Crippen LogP contribution is -2.40. The van der Waals surface area contributed by atoms with Gasteiger partial charge in [-0.2, -0.15) is 0 Å². The Morgan fingerprint density at radius 1 is 1.50 bits per heavy atom. The average molecular weight is 221 g/mol. The quantitative estimate of drug-likeness (QED) is 0.828. The lowest BCUT2D eigenvalue weighted by atomic mass is 10.00. The Labute approximate surface area is 96.0 Å². The van der Waals surface area contributed by atoms with Crippen molar-refractivity contribution in [2.45, 2.75) is 37.8 Å². The van der Waals surface area contributed by atoms with E-state index in [1.54, 1.807) is 0 Å². The maximum Gasteiger partial charge on any atom is 0.0948 e. The molecule has 3 heterocycles. The molecule has 0 bridgehead atoms. The van der Waals surface area contributed by atoms with Crippen LogP contribution in [0.5, 0.6) is 0 Å². The summed E-state index contributed by atoms with van der Waals surface area (Å²) >= 11 is 0. The van der Waals surface area contributed by atoms with Crippen LogP contribution in [0.3, 0.4) is 0 Å². The molecule has 2 aliphatic rings. The molecule has 0 saturated carbocycles. The first-order valence-electron chi connectivity index (χ1n) is 6.26. The molecule has 16 heavy (non-hydrogen) atoms. The van der Waals surface area contributed by atoms with Crippen molar-refractivity contribution in [3.8, 4) is 0 Å². The Kier molecular flexibility index (Phi) is 2.93. The summed E-state index contributed by atoms with van der Waals surface area (Å²) in [7, 11) is 0. The van der Waals surface area contributed by atoms with E-state index >= 15 is 0 Å². The van der Waals surface area contributed by atoms with Crippen LogP contribution in [-0.4, -0.2) is 35.4 Å². The van der Waals surface area contributed by atoms with Crippen molar-refractivity contribution in [1.29, 1.82) is 0 Å². The van der Waals surface area contributed by atoms with E-state index in [4.69, 9.17) is 4.74 Å². The van der Waals surface area contributed by atoms with Gasteiger partial charge in [-0.15, -0.1) is 0 Å². The minimum Gasteiger partial charge on any atom is -0.378 e. The highest BCUT2D eigenvalue weighted by Crippen LogP contribution is 2.21. The third kappa shape index (κ3) is 1.99. The first kappa shape index (κ1) is 10.3. The average Bonchev–Trinajstić information content (AvgIpc) is 2.82. The maximum absolute atomic E-state index is 5.65. The molecular formula is C12H19N3O. The zero-order chi connectivity index (χ0) is 10.8. The summed E-state index contributed by atoms with van der Waals surface area (Å²) < 4.78 is 7.94. The number of nitrogens with one attached hydrogen (secondary N) is 1. The summed E-state index contributed by atoms with van der Waals surface area (Å²) in [5, 5.41) is 3.31. The highest BCUT2D eigenvalue weighted by atomic mass is 16.5. The van der Waals surface area contributed by atoms with Gasteiger partial charge in [0.1, 0.15) is 0 Å². The topological polar surface area (TPSA) is 39.1 Å². The molecule has 0 aromatic carbocycles. The van der Waals surface area contributed by atoms with Gasteiger partial charge in [-0.05, 0) is 19.3 Å². The van der Waals surface area contributed by atoms with Crippen molar-refractivity contribution in [3.63, 3.8) is 0 Å². The van der Waals surface area contributed by atoms with E-state index in [9.17, 15) is 0 Å². The Balaban J connectivity index is 1.58. The van der Waals surface area contributed by atoms with Gasteiger partial charge in [0.15, 0.2) is 0 Å². The Bertz CT molecular complexity index is 340. The molecule has 2 aliphatic heterocycles. The molecule has 0 spiro atoms. The number of hydrogen-bond acceptors (Lipinski definition) is 3. The lowest BCUT2D eigenvalue weighted by Gasteiger charge is -2.28. The number of imidazole rings is 1. The van der Waals surface area contributed by atoms with Gasteiger partial charge >= 0.3 is 0 Å². The minimum atomic E-state index is 0.481. The Morgan fingerprint density at radius 2 is 2.44 bits per heavy atom. The number of rotatable bonds is 4. The van der Waals surface area contributed by atoms with Crippen molar-refractivity contribution in [1.82, 2.24) is 14.9 Å². The summed E-state index contributed by atoms with van der Waals surface area (Å²) in [6.07, 6.45) is 8.05. The van der Waals surface area contributed by atoms with E-state index in [-0.39, 0.29) is 0 Å². The summed E-state index contributed by atoms with van der Waals surface area (Å²) in [5.41, 5.74) is 1.39. The number of ether oxygens (including phenoxy) is 1. The predicted molar refractivity (Wildman–Crippen MR) is 61.4 cm³/mol. The van der Waals surface area contributed by atoms with Crippen molar-refractivity contribution >= 4 is 0 Å². The standard InChI is InChI=1S/C12H19N3O/c1-2-11(16-5-1)3-4-15-9-14-8-12(15)10-6-13-7-10/h8-11,13H,1-7H2. The molecule has 1 aromatic rings. The van der Waals surface area contributed by atoms with Gasteiger partial charge in [-0.3, -0.25) is 0 Å². The van der Waals surface area contributed by atoms with Crippen LogP contribution in [0.25, 0.3) is 0 Å². The van der Waals surface area contributed by atoms with Crippen LogP contribution in [0.2, 0.25) is 0 Å². The lowest BCUT2D eigenvalue weighted by molar-refractivity contribution is 0.1000. The zero-order valence-electron chi connectivity index (χ0n) is 9.56. The van der Waals surface area contributed by atoms with Crippen LogP contribution in [0, 0.1) is 0 Å². The van der Waals surface area contributed by atoms with Crippen LogP contribution in [-0.2, 0) is 11.3 Å². The Morgan fingerprint density at radius 3 is 3.12 bits per heavy atom. The number of nitrogens with zero attached hydrogens (tertiary/aromatic N) is 2. The van der Waals surface area contributed by atoms with Crippen molar-refractivity contribution in [2.24, 2.45) is 0 Å². The van der Waals surface area contributed by atoms with Crippen LogP contribution >= 0.6 is 0 Å². The van der Waals surface area contributed by atoms with Crippen LogP contribution in [0.15, 0.2) is 12.5 Å². The van der Waals surface area contributed by atoms with E-state index in [0.717, 1.165) is 32.7 Å². The minimum absolute atomic E-state index is 0.481. The molecule has 88 valence electrons. The second-order valence-corrected chi connectivity index (χ2v) is 4.79. The van der Waals surface area contributed by atoms with Crippen LogP contribution < -0.4 is 5.32 Å². The maximum atomic E-state index is 5.65. The van der Waals surface area contributed by atoms with Gasteiger partial charge in [-0.25, -0.2) is 4.98 Å². The summed E-state index contributed by atoms with van der Waals surface area (Å²) in [5.74, 6) is 0.673. The van der Waals surface area contributed by atoms with Gasteiger partial charge < -0.3 is 14.6 Å². The molecule has 3 rings (SSSR count). The summed E-state index contributed by atoms with van der Waals surface area (Å²) in [4.78, 5) is 4.26. The summed E-state index contributed by atoms with van der Waals surface area (Å²) in [6.45, 7) is 4.21. The molecule has 0 amide bonds. The van der Waals surface area contributed by atoms with Gasteiger partial charge in [0.25, 0.3) is 0 Å². The van der Waals surface area contributed by atoms with Gasteiger partial charge in [0, 0.05) is 44.0 Å². The molecular weight excluding hydrogens is 202 g/mol. The smallest absolute Gasteiger partial charge is 0.0948 e. The fraction of sp³-hybridized carbons (Fsp3) is 0.750. The summed E-state index contributed by atoms with van der Waals surface area (Å²) in [6, 6.07) is 0.